The number of thiophene rings is 1. The SMILES string of the molecule is CC(=O)NCCc1ccc(S(=O)(=O)NC(C)(C)c2ccc(Br)cc2)s1. The molecule has 1 heterocycles. The van der Waals surface area contributed by atoms with Crippen molar-refractivity contribution in [1.82, 2.24) is 10.0 Å². The van der Waals surface area contributed by atoms with Crippen LogP contribution in [0.4, 0.5) is 0 Å². The molecular weight excluding hydrogens is 424 g/mol. The van der Waals surface area contributed by atoms with Gasteiger partial charge in [0, 0.05) is 22.8 Å². The normalized spacial score (nSPS) is 12.2. The lowest BCUT2D eigenvalue weighted by Crippen LogP contribution is -2.40. The predicted octanol–water partition coefficient (Wildman–Crippen LogP) is 3.40. The average Bonchev–Trinajstić information content (AvgIpc) is 2.96. The van der Waals surface area contributed by atoms with Gasteiger partial charge in [0.2, 0.25) is 5.91 Å². The quantitative estimate of drug-likeness (QED) is 0.686. The first-order valence-corrected chi connectivity index (χ1v) is 10.8. The van der Waals surface area contributed by atoms with E-state index >= 15 is 0 Å². The summed E-state index contributed by atoms with van der Waals surface area (Å²) in [7, 11) is -3.63. The zero-order chi connectivity index (χ0) is 18.7. The van der Waals surface area contributed by atoms with Gasteiger partial charge in [0.25, 0.3) is 10.0 Å². The molecule has 0 atom stereocenters. The third-order valence-corrected chi connectivity index (χ3v) is 7.42. The van der Waals surface area contributed by atoms with Crippen LogP contribution in [0.1, 0.15) is 31.2 Å². The lowest BCUT2D eigenvalue weighted by molar-refractivity contribution is -0.118. The van der Waals surface area contributed by atoms with Crippen molar-refractivity contribution in [2.45, 2.75) is 36.9 Å². The maximum Gasteiger partial charge on any atom is 0.250 e. The molecule has 2 N–H and O–H groups in total. The summed E-state index contributed by atoms with van der Waals surface area (Å²) >= 11 is 4.60. The van der Waals surface area contributed by atoms with Crippen molar-refractivity contribution in [3.8, 4) is 0 Å². The molecule has 0 saturated heterocycles. The summed E-state index contributed by atoms with van der Waals surface area (Å²) in [5.41, 5.74) is 0.140. The number of nitrogens with one attached hydrogen (secondary N) is 2. The van der Waals surface area contributed by atoms with Gasteiger partial charge in [-0.1, -0.05) is 28.1 Å². The monoisotopic (exact) mass is 444 g/mol. The summed E-state index contributed by atoms with van der Waals surface area (Å²) in [5.74, 6) is -0.0951. The van der Waals surface area contributed by atoms with Crippen LogP contribution in [0.3, 0.4) is 0 Å². The minimum atomic E-state index is -3.63. The fourth-order valence-corrected chi connectivity index (χ4v) is 5.33. The van der Waals surface area contributed by atoms with Gasteiger partial charge in [-0.25, -0.2) is 13.1 Å². The molecule has 1 aromatic heterocycles. The molecule has 8 heteroatoms. The van der Waals surface area contributed by atoms with Crippen molar-refractivity contribution < 1.29 is 13.2 Å². The lowest BCUT2D eigenvalue weighted by Gasteiger charge is -2.26. The molecule has 5 nitrogen and oxygen atoms in total. The van der Waals surface area contributed by atoms with Gasteiger partial charge in [-0.2, -0.15) is 0 Å². The molecule has 0 radical (unpaired) electrons. The van der Waals surface area contributed by atoms with E-state index in [-0.39, 0.29) is 10.1 Å². The van der Waals surface area contributed by atoms with E-state index in [9.17, 15) is 13.2 Å². The maximum atomic E-state index is 12.7. The summed E-state index contributed by atoms with van der Waals surface area (Å²) in [6.07, 6.45) is 0.607. The van der Waals surface area contributed by atoms with E-state index < -0.39 is 15.6 Å². The van der Waals surface area contributed by atoms with Crippen molar-refractivity contribution in [2.24, 2.45) is 0 Å². The lowest BCUT2D eigenvalue weighted by atomic mass is 9.96. The first-order chi connectivity index (χ1) is 11.6. The van der Waals surface area contributed by atoms with Crippen molar-refractivity contribution in [3.05, 3.63) is 51.3 Å². The second-order valence-corrected chi connectivity index (χ2v) is 10.2. The van der Waals surface area contributed by atoms with Crippen LogP contribution in [-0.2, 0) is 26.8 Å². The van der Waals surface area contributed by atoms with E-state index in [1.54, 1.807) is 12.1 Å². The molecule has 136 valence electrons. The Bertz CT molecular complexity index is 843. The van der Waals surface area contributed by atoms with Gasteiger partial charge in [0.1, 0.15) is 4.21 Å². The van der Waals surface area contributed by atoms with E-state index in [1.807, 2.05) is 38.1 Å². The van der Waals surface area contributed by atoms with Crippen LogP contribution in [0.5, 0.6) is 0 Å². The Labute approximate surface area is 161 Å². The highest BCUT2D eigenvalue weighted by Crippen LogP contribution is 2.27. The van der Waals surface area contributed by atoms with Gasteiger partial charge in [0.15, 0.2) is 0 Å². The van der Waals surface area contributed by atoms with E-state index in [0.717, 1.165) is 14.9 Å². The van der Waals surface area contributed by atoms with Crippen molar-refractivity contribution in [3.63, 3.8) is 0 Å². The van der Waals surface area contributed by atoms with Crippen LogP contribution in [0.25, 0.3) is 0 Å². The second-order valence-electron chi connectivity index (χ2n) is 6.19. The molecule has 1 amide bonds. The Morgan fingerprint density at radius 2 is 1.80 bits per heavy atom. The number of benzene rings is 1. The van der Waals surface area contributed by atoms with E-state index in [2.05, 4.69) is 26.0 Å². The first kappa shape index (κ1) is 20.1. The number of hydrogen-bond acceptors (Lipinski definition) is 4. The molecule has 0 aliphatic heterocycles. The number of hydrogen-bond donors (Lipinski definition) is 2. The zero-order valence-corrected chi connectivity index (χ0v) is 17.5. The molecule has 0 saturated carbocycles. The Morgan fingerprint density at radius 3 is 2.40 bits per heavy atom. The third kappa shape index (κ3) is 5.64. The predicted molar refractivity (Wildman–Crippen MR) is 104 cm³/mol. The molecule has 0 unspecified atom stereocenters. The molecule has 2 rings (SSSR count). The Morgan fingerprint density at radius 1 is 1.16 bits per heavy atom. The highest BCUT2D eigenvalue weighted by Gasteiger charge is 2.28. The number of sulfonamides is 1. The molecule has 2 aromatic rings. The summed E-state index contributed by atoms with van der Waals surface area (Å²) in [4.78, 5) is 11.8. The zero-order valence-electron chi connectivity index (χ0n) is 14.3. The number of carbonyl (C=O) groups is 1. The Kier molecular flexibility index (Phi) is 6.42. The molecule has 0 aliphatic carbocycles. The minimum absolute atomic E-state index is 0.0951. The summed E-state index contributed by atoms with van der Waals surface area (Å²) < 4.78 is 29.4. The van der Waals surface area contributed by atoms with Crippen molar-refractivity contribution in [2.75, 3.05) is 6.54 Å². The first-order valence-electron chi connectivity index (χ1n) is 7.73. The van der Waals surface area contributed by atoms with E-state index in [0.29, 0.717) is 13.0 Å². The molecule has 0 spiro atoms. The second kappa shape index (κ2) is 7.99. The van der Waals surface area contributed by atoms with Crippen molar-refractivity contribution in [1.29, 1.82) is 0 Å². The van der Waals surface area contributed by atoms with Gasteiger partial charge in [-0.3, -0.25) is 4.79 Å². The van der Waals surface area contributed by atoms with Crippen molar-refractivity contribution >= 4 is 43.2 Å². The van der Waals surface area contributed by atoms with E-state index in [1.165, 1.54) is 18.3 Å². The Balaban J connectivity index is 2.11. The number of carbonyl (C=O) groups excluding carboxylic acids is 1. The average molecular weight is 445 g/mol. The Hall–Kier alpha value is -1.22. The summed E-state index contributed by atoms with van der Waals surface area (Å²) in [5, 5.41) is 2.71. The topological polar surface area (TPSA) is 75.3 Å². The highest BCUT2D eigenvalue weighted by molar-refractivity contribution is 9.10. The third-order valence-electron chi connectivity index (χ3n) is 3.60. The standard InChI is InChI=1S/C17H21BrN2O3S2/c1-12(21)19-11-10-15-8-9-16(24-15)25(22,23)20-17(2,3)13-4-6-14(18)7-5-13/h4-9,20H,10-11H2,1-3H3,(H,19,21). The van der Waals surface area contributed by atoms with Crippen LogP contribution in [-0.4, -0.2) is 20.9 Å². The molecule has 0 bridgehead atoms. The van der Waals surface area contributed by atoms with Gasteiger partial charge in [0.05, 0.1) is 5.54 Å². The van der Waals surface area contributed by atoms with Gasteiger partial charge >= 0.3 is 0 Å². The van der Waals surface area contributed by atoms with Gasteiger partial charge in [-0.05, 0) is 50.1 Å². The molecule has 0 fully saturated rings. The van der Waals surface area contributed by atoms with Gasteiger partial charge < -0.3 is 5.32 Å². The molecular formula is C17H21BrN2O3S2. The smallest absolute Gasteiger partial charge is 0.250 e. The van der Waals surface area contributed by atoms with Crippen LogP contribution in [0, 0.1) is 0 Å². The number of rotatable bonds is 7. The van der Waals surface area contributed by atoms with Crippen LogP contribution >= 0.6 is 27.3 Å². The fraction of sp³-hybridized carbons (Fsp3) is 0.353. The highest BCUT2D eigenvalue weighted by atomic mass is 79.9. The van der Waals surface area contributed by atoms with Gasteiger partial charge in [-0.15, -0.1) is 11.3 Å². The maximum absolute atomic E-state index is 12.7. The molecule has 25 heavy (non-hydrogen) atoms. The van der Waals surface area contributed by atoms with Crippen LogP contribution in [0.2, 0.25) is 0 Å². The molecule has 0 aliphatic rings. The number of amides is 1. The van der Waals surface area contributed by atoms with Crippen LogP contribution in [0.15, 0.2) is 45.1 Å². The van der Waals surface area contributed by atoms with Crippen LogP contribution < -0.4 is 10.0 Å². The summed E-state index contributed by atoms with van der Waals surface area (Å²) in [6, 6.07) is 10.9. The number of halogens is 1. The largest absolute Gasteiger partial charge is 0.356 e. The fourth-order valence-electron chi connectivity index (χ4n) is 2.31. The minimum Gasteiger partial charge on any atom is -0.356 e. The summed E-state index contributed by atoms with van der Waals surface area (Å²) in [6.45, 7) is 5.61. The molecule has 1 aromatic carbocycles. The van der Waals surface area contributed by atoms with E-state index in [4.69, 9.17) is 0 Å².